The highest BCUT2D eigenvalue weighted by atomic mass is 19.2. The third-order valence-corrected chi connectivity index (χ3v) is 5.24. The lowest BCUT2D eigenvalue weighted by atomic mass is 9.98. The van der Waals surface area contributed by atoms with Gasteiger partial charge in [-0.05, 0) is 48.7 Å². The van der Waals surface area contributed by atoms with Crippen molar-refractivity contribution in [2.75, 3.05) is 13.2 Å². The molecule has 2 nitrogen and oxygen atoms in total. The van der Waals surface area contributed by atoms with Crippen LogP contribution in [-0.4, -0.2) is 13.2 Å². The van der Waals surface area contributed by atoms with Gasteiger partial charge in [-0.25, -0.2) is 8.78 Å². The predicted molar refractivity (Wildman–Crippen MR) is 123 cm³/mol. The van der Waals surface area contributed by atoms with Crippen LogP contribution in [0.3, 0.4) is 0 Å². The Balaban J connectivity index is 1.68. The molecule has 0 atom stereocenters. The van der Waals surface area contributed by atoms with Gasteiger partial charge in [0.15, 0.2) is 11.6 Å². The Hall–Kier alpha value is -2.88. The van der Waals surface area contributed by atoms with Crippen molar-refractivity contribution in [1.29, 1.82) is 0 Å². The third kappa shape index (κ3) is 6.06. The predicted octanol–water partition coefficient (Wildman–Crippen LogP) is 8.05. The monoisotopic (exact) mass is 424 g/mol. The molecule has 4 heteroatoms. The second-order valence-electron chi connectivity index (χ2n) is 7.53. The SMILES string of the molecule is CCCCCCCOc1ccc(-c2ccc(-c3ccc(OCC)cc3)c(F)c2F)cc1. The molecule has 0 fully saturated rings. The molecule has 0 unspecified atom stereocenters. The molecule has 0 aliphatic rings. The molecule has 0 saturated heterocycles. The molecule has 0 aliphatic heterocycles. The molecule has 0 spiro atoms. The fraction of sp³-hybridized carbons (Fsp3) is 0.333. The molecule has 0 saturated carbocycles. The van der Waals surface area contributed by atoms with Crippen molar-refractivity contribution in [2.45, 2.75) is 46.0 Å². The van der Waals surface area contributed by atoms with Gasteiger partial charge in [0.05, 0.1) is 13.2 Å². The van der Waals surface area contributed by atoms with E-state index in [-0.39, 0.29) is 11.1 Å². The van der Waals surface area contributed by atoms with Gasteiger partial charge in [-0.2, -0.15) is 0 Å². The minimum absolute atomic E-state index is 0.229. The van der Waals surface area contributed by atoms with Gasteiger partial charge in [-0.15, -0.1) is 0 Å². The first-order chi connectivity index (χ1) is 15.1. The number of hydrogen-bond acceptors (Lipinski definition) is 2. The van der Waals surface area contributed by atoms with Gasteiger partial charge in [0, 0.05) is 11.1 Å². The standard InChI is InChI=1S/C27H30F2O2/c1-3-5-6-7-8-19-31-23-15-11-21(12-16-23)25-18-17-24(26(28)27(25)29)20-9-13-22(14-10-20)30-4-2/h9-18H,3-8,19H2,1-2H3. The molecule has 0 aliphatic carbocycles. The molecule has 0 radical (unpaired) electrons. The van der Waals surface area contributed by atoms with Crippen molar-refractivity contribution in [3.63, 3.8) is 0 Å². The van der Waals surface area contributed by atoms with Crippen LogP contribution < -0.4 is 9.47 Å². The zero-order valence-corrected chi connectivity index (χ0v) is 18.3. The fourth-order valence-corrected chi connectivity index (χ4v) is 3.52. The van der Waals surface area contributed by atoms with Crippen molar-refractivity contribution in [1.82, 2.24) is 0 Å². The van der Waals surface area contributed by atoms with Crippen LogP contribution in [0, 0.1) is 11.6 Å². The molecule has 0 heterocycles. The molecule has 3 rings (SSSR count). The lowest BCUT2D eigenvalue weighted by Crippen LogP contribution is -1.97. The van der Waals surface area contributed by atoms with Crippen LogP contribution >= 0.6 is 0 Å². The lowest BCUT2D eigenvalue weighted by molar-refractivity contribution is 0.304. The van der Waals surface area contributed by atoms with E-state index in [1.54, 1.807) is 60.7 Å². The number of benzene rings is 3. The minimum Gasteiger partial charge on any atom is -0.494 e. The molecule has 3 aromatic carbocycles. The van der Waals surface area contributed by atoms with Crippen LogP contribution in [0.2, 0.25) is 0 Å². The summed E-state index contributed by atoms with van der Waals surface area (Å²) in [5.74, 6) is -0.261. The average Bonchev–Trinajstić information content (AvgIpc) is 2.79. The summed E-state index contributed by atoms with van der Waals surface area (Å²) < 4.78 is 40.8. The summed E-state index contributed by atoms with van der Waals surface area (Å²) in [6, 6.07) is 17.4. The molecule has 164 valence electrons. The Morgan fingerprint density at radius 2 is 1.06 bits per heavy atom. The summed E-state index contributed by atoms with van der Waals surface area (Å²) >= 11 is 0. The fourth-order valence-electron chi connectivity index (χ4n) is 3.52. The molecular weight excluding hydrogens is 394 g/mol. The van der Waals surface area contributed by atoms with E-state index in [1.807, 2.05) is 6.92 Å². The number of unbranched alkanes of at least 4 members (excludes halogenated alkanes) is 4. The van der Waals surface area contributed by atoms with Crippen LogP contribution in [-0.2, 0) is 0 Å². The van der Waals surface area contributed by atoms with Crippen LogP contribution in [0.4, 0.5) is 8.78 Å². The first-order valence-corrected chi connectivity index (χ1v) is 11.1. The third-order valence-electron chi connectivity index (χ3n) is 5.24. The number of ether oxygens (including phenoxy) is 2. The molecular formula is C27H30F2O2. The van der Waals surface area contributed by atoms with Gasteiger partial charge >= 0.3 is 0 Å². The Bertz CT molecular complexity index is 950. The highest BCUT2D eigenvalue weighted by molar-refractivity contribution is 5.72. The zero-order valence-electron chi connectivity index (χ0n) is 18.3. The molecule has 31 heavy (non-hydrogen) atoms. The van der Waals surface area contributed by atoms with Crippen LogP contribution in [0.1, 0.15) is 46.0 Å². The van der Waals surface area contributed by atoms with Crippen molar-refractivity contribution < 1.29 is 18.3 Å². The Morgan fingerprint density at radius 1 is 0.581 bits per heavy atom. The average molecular weight is 425 g/mol. The van der Waals surface area contributed by atoms with E-state index < -0.39 is 11.6 Å². The van der Waals surface area contributed by atoms with E-state index in [2.05, 4.69) is 6.92 Å². The largest absolute Gasteiger partial charge is 0.494 e. The van der Waals surface area contributed by atoms with Gasteiger partial charge in [0.1, 0.15) is 11.5 Å². The minimum atomic E-state index is -0.853. The first kappa shape index (κ1) is 22.8. The maximum atomic E-state index is 14.9. The van der Waals surface area contributed by atoms with Crippen LogP contribution in [0.15, 0.2) is 60.7 Å². The zero-order chi connectivity index (χ0) is 22.1. The lowest BCUT2D eigenvalue weighted by Gasteiger charge is -2.11. The molecule has 3 aromatic rings. The Labute approximate surface area is 183 Å². The Morgan fingerprint density at radius 3 is 1.55 bits per heavy atom. The molecule has 0 aromatic heterocycles. The van der Waals surface area contributed by atoms with E-state index in [0.29, 0.717) is 30.1 Å². The van der Waals surface area contributed by atoms with Gasteiger partial charge in [0.2, 0.25) is 0 Å². The summed E-state index contributed by atoms with van der Waals surface area (Å²) in [6.07, 6.45) is 5.90. The van der Waals surface area contributed by atoms with Crippen LogP contribution in [0.25, 0.3) is 22.3 Å². The van der Waals surface area contributed by atoms with Crippen LogP contribution in [0.5, 0.6) is 11.5 Å². The van der Waals surface area contributed by atoms with Gasteiger partial charge in [0.25, 0.3) is 0 Å². The van der Waals surface area contributed by atoms with Gasteiger partial charge in [-0.3, -0.25) is 0 Å². The van der Waals surface area contributed by atoms with Crippen molar-refractivity contribution in [3.8, 4) is 33.8 Å². The summed E-state index contributed by atoms with van der Waals surface area (Å²) in [4.78, 5) is 0. The summed E-state index contributed by atoms with van der Waals surface area (Å²) in [5.41, 5.74) is 1.68. The van der Waals surface area contributed by atoms with E-state index in [0.717, 1.165) is 18.6 Å². The molecule has 0 amide bonds. The maximum absolute atomic E-state index is 14.9. The maximum Gasteiger partial charge on any atom is 0.167 e. The number of hydrogen-bond donors (Lipinski definition) is 0. The second kappa shape index (κ2) is 11.5. The summed E-state index contributed by atoms with van der Waals surface area (Å²) in [5, 5.41) is 0. The summed E-state index contributed by atoms with van der Waals surface area (Å²) in [7, 11) is 0. The number of halogens is 2. The first-order valence-electron chi connectivity index (χ1n) is 11.1. The topological polar surface area (TPSA) is 18.5 Å². The van der Waals surface area contributed by atoms with Crippen molar-refractivity contribution >= 4 is 0 Å². The van der Waals surface area contributed by atoms with E-state index >= 15 is 0 Å². The summed E-state index contributed by atoms with van der Waals surface area (Å²) in [6.45, 7) is 5.32. The van der Waals surface area contributed by atoms with E-state index in [4.69, 9.17) is 9.47 Å². The van der Waals surface area contributed by atoms with E-state index in [1.165, 1.54) is 19.3 Å². The van der Waals surface area contributed by atoms with Gasteiger partial charge in [-0.1, -0.05) is 69.0 Å². The smallest absolute Gasteiger partial charge is 0.167 e. The van der Waals surface area contributed by atoms with Crippen molar-refractivity contribution in [2.24, 2.45) is 0 Å². The number of rotatable bonds is 11. The Kier molecular flexibility index (Phi) is 8.45. The van der Waals surface area contributed by atoms with Gasteiger partial charge < -0.3 is 9.47 Å². The van der Waals surface area contributed by atoms with Crippen molar-refractivity contribution in [3.05, 3.63) is 72.3 Å². The molecule has 0 bridgehead atoms. The normalized spacial score (nSPS) is 10.8. The molecule has 0 N–H and O–H groups in total. The highest BCUT2D eigenvalue weighted by Gasteiger charge is 2.16. The second-order valence-corrected chi connectivity index (χ2v) is 7.53. The quantitative estimate of drug-likeness (QED) is 0.290. The highest BCUT2D eigenvalue weighted by Crippen LogP contribution is 2.32. The van der Waals surface area contributed by atoms with E-state index in [9.17, 15) is 8.78 Å².